The van der Waals surface area contributed by atoms with Crippen molar-refractivity contribution in [2.75, 3.05) is 50.2 Å². The van der Waals surface area contributed by atoms with Crippen LogP contribution in [0.15, 0.2) is 47.1 Å². The van der Waals surface area contributed by atoms with Crippen LogP contribution < -0.4 is 9.50 Å². The Morgan fingerprint density at radius 2 is 1.92 bits per heavy atom. The normalized spacial score (nSPS) is 15.5. The second kappa shape index (κ2) is 12.3. The highest BCUT2D eigenvalue weighted by Crippen LogP contribution is 2.25. The number of carbonyl (C=O) groups is 1. The van der Waals surface area contributed by atoms with E-state index < -0.39 is 25.9 Å². The first kappa shape index (κ1) is 28.8. The van der Waals surface area contributed by atoms with Gasteiger partial charge in [0.2, 0.25) is 0 Å². The topological polar surface area (TPSA) is 157 Å². The molecule has 0 bridgehead atoms. The predicted molar refractivity (Wildman–Crippen MR) is 147 cm³/mol. The van der Waals surface area contributed by atoms with Crippen LogP contribution in [0.3, 0.4) is 0 Å². The maximum Gasteiger partial charge on any atom is 0.322 e. The maximum absolute atomic E-state index is 12.8. The zero-order valence-electron chi connectivity index (χ0n) is 21.4. The second-order valence-corrected chi connectivity index (χ2v) is 13.9. The molecule has 1 fully saturated rings. The van der Waals surface area contributed by atoms with Gasteiger partial charge in [0, 0.05) is 38.8 Å². The lowest BCUT2D eigenvalue weighted by Crippen LogP contribution is -2.46. The summed E-state index contributed by atoms with van der Waals surface area (Å²) in [5.41, 5.74) is 0.135. The van der Waals surface area contributed by atoms with Gasteiger partial charge in [-0.3, -0.25) is 15.0 Å². The third-order valence-corrected chi connectivity index (χ3v) is 10.2. The molecule has 1 aromatic carbocycles. The number of hydrogen-bond donors (Lipinski definition) is 1. The Morgan fingerprint density at radius 1 is 1.15 bits per heavy atom. The zero-order valence-corrected chi connectivity index (χ0v) is 23.9. The molecule has 39 heavy (non-hydrogen) atoms. The number of aromatic nitrogens is 4. The molecule has 3 aromatic rings. The van der Waals surface area contributed by atoms with E-state index in [1.54, 1.807) is 35.0 Å². The smallest absolute Gasteiger partial charge is 0.322 e. The summed E-state index contributed by atoms with van der Waals surface area (Å²) in [6.45, 7) is 2.77. The number of nitrogens with zero attached hydrogens (tertiary/aromatic N) is 6. The molecule has 1 aliphatic rings. The van der Waals surface area contributed by atoms with Gasteiger partial charge in [0.25, 0.3) is 5.91 Å². The summed E-state index contributed by atoms with van der Waals surface area (Å²) < 4.78 is 57.4. The SMILES string of the molecule is CN1CCN(CS(=O)(=O)Oc2cccc(C(=O)Nc3ncc(S(=O)(=O)CCC=Cc4nncn4C)s3)c2)CC1. The van der Waals surface area contributed by atoms with E-state index in [0.29, 0.717) is 18.9 Å². The molecule has 0 spiro atoms. The predicted octanol–water partition coefficient (Wildman–Crippen LogP) is 1.31. The van der Waals surface area contributed by atoms with Crippen LogP contribution in [0, 0.1) is 0 Å². The quantitative estimate of drug-likeness (QED) is 0.319. The van der Waals surface area contributed by atoms with Crippen molar-refractivity contribution in [2.45, 2.75) is 10.6 Å². The van der Waals surface area contributed by atoms with E-state index in [2.05, 4.69) is 25.4 Å². The molecule has 0 radical (unpaired) electrons. The van der Waals surface area contributed by atoms with E-state index in [1.165, 1.54) is 30.5 Å². The number of carbonyl (C=O) groups excluding carboxylic acids is 1. The number of allylic oxidation sites excluding steroid dienone is 1. The van der Waals surface area contributed by atoms with Gasteiger partial charge in [-0.05, 0) is 37.7 Å². The van der Waals surface area contributed by atoms with Crippen LogP contribution in [0.5, 0.6) is 5.75 Å². The molecule has 0 aliphatic carbocycles. The number of piperazine rings is 1. The first-order valence-corrected chi connectivity index (χ1v) is 16.0. The van der Waals surface area contributed by atoms with Crippen LogP contribution in [-0.2, 0) is 27.0 Å². The van der Waals surface area contributed by atoms with Crippen molar-refractivity contribution >= 4 is 48.4 Å². The molecule has 3 heterocycles. The van der Waals surface area contributed by atoms with Crippen LogP contribution in [0.2, 0.25) is 0 Å². The first-order chi connectivity index (χ1) is 18.5. The molecule has 1 N–H and O–H groups in total. The number of aryl methyl sites for hydroxylation is 1. The van der Waals surface area contributed by atoms with Gasteiger partial charge in [-0.15, -0.1) is 10.2 Å². The van der Waals surface area contributed by atoms with Crippen LogP contribution in [-0.4, -0.2) is 97.1 Å². The average molecular weight is 596 g/mol. The van der Waals surface area contributed by atoms with Crippen molar-refractivity contribution in [1.82, 2.24) is 29.5 Å². The molecule has 1 aliphatic heterocycles. The lowest BCUT2D eigenvalue weighted by Gasteiger charge is -2.31. The fraction of sp³-hybridized carbons (Fsp3) is 0.391. The number of likely N-dealkylation sites (N-methyl/N-ethyl adjacent to an activating group) is 1. The zero-order chi connectivity index (χ0) is 28.0. The summed E-state index contributed by atoms with van der Waals surface area (Å²) in [5.74, 6) is -0.351. The Bertz CT molecular complexity index is 1540. The minimum Gasteiger partial charge on any atom is -0.381 e. The molecule has 210 valence electrons. The van der Waals surface area contributed by atoms with Gasteiger partial charge in [-0.25, -0.2) is 13.4 Å². The van der Waals surface area contributed by atoms with Gasteiger partial charge in [-0.2, -0.15) is 8.42 Å². The van der Waals surface area contributed by atoms with Gasteiger partial charge in [0.1, 0.15) is 22.2 Å². The average Bonchev–Trinajstić information content (AvgIpc) is 3.52. The molecule has 13 nitrogen and oxygen atoms in total. The molecule has 0 saturated carbocycles. The molecular formula is C23H29N7O6S3. The number of thiazole rings is 1. The van der Waals surface area contributed by atoms with Crippen molar-refractivity contribution in [2.24, 2.45) is 7.05 Å². The fourth-order valence-corrected chi connectivity index (χ4v) is 7.20. The van der Waals surface area contributed by atoms with E-state index in [4.69, 9.17) is 4.18 Å². The lowest BCUT2D eigenvalue weighted by molar-refractivity contribution is 0.102. The highest BCUT2D eigenvalue weighted by atomic mass is 32.2. The van der Waals surface area contributed by atoms with Crippen molar-refractivity contribution in [3.63, 3.8) is 0 Å². The Kier molecular flexibility index (Phi) is 9.12. The Labute approximate surface area is 231 Å². The Morgan fingerprint density at radius 3 is 2.64 bits per heavy atom. The minimum absolute atomic E-state index is 0.00793. The summed E-state index contributed by atoms with van der Waals surface area (Å²) in [6, 6.07) is 5.75. The van der Waals surface area contributed by atoms with Crippen molar-refractivity contribution in [3.05, 3.63) is 54.3 Å². The number of amides is 1. The third kappa shape index (κ3) is 8.15. The molecule has 0 atom stereocenters. The van der Waals surface area contributed by atoms with Crippen LogP contribution >= 0.6 is 11.3 Å². The largest absolute Gasteiger partial charge is 0.381 e. The second-order valence-electron chi connectivity index (χ2n) is 8.97. The molecule has 0 unspecified atom stereocenters. The van der Waals surface area contributed by atoms with E-state index in [0.717, 1.165) is 24.4 Å². The van der Waals surface area contributed by atoms with Gasteiger partial charge in [-0.1, -0.05) is 23.5 Å². The minimum atomic E-state index is -3.90. The number of anilines is 1. The number of sulfone groups is 1. The van der Waals surface area contributed by atoms with Crippen molar-refractivity contribution in [3.8, 4) is 5.75 Å². The monoisotopic (exact) mass is 595 g/mol. The lowest BCUT2D eigenvalue weighted by atomic mass is 10.2. The van der Waals surface area contributed by atoms with E-state index >= 15 is 0 Å². The van der Waals surface area contributed by atoms with Gasteiger partial charge >= 0.3 is 10.1 Å². The summed E-state index contributed by atoms with van der Waals surface area (Å²) >= 11 is 0.837. The van der Waals surface area contributed by atoms with Crippen LogP contribution in [0.1, 0.15) is 22.6 Å². The third-order valence-electron chi connectivity index (χ3n) is 5.83. The van der Waals surface area contributed by atoms with Crippen LogP contribution in [0.4, 0.5) is 5.13 Å². The molecule has 2 aromatic heterocycles. The number of benzene rings is 1. The van der Waals surface area contributed by atoms with Gasteiger partial charge in [0.05, 0.1) is 11.9 Å². The van der Waals surface area contributed by atoms with Gasteiger partial charge in [0.15, 0.2) is 20.8 Å². The standard InChI is InChI=1S/C23H29N7O6S3/c1-28-9-11-30(12-10-28)17-39(34,35)36-19-7-5-6-18(14-19)22(31)26-23-24-15-21(37-23)38(32,33)13-4-3-8-20-27-25-16-29(20)2/h3,5-8,14-16H,4,9-13,17H2,1-2H3,(H,24,26,31). The molecular weight excluding hydrogens is 566 g/mol. The first-order valence-electron chi connectivity index (χ1n) is 11.9. The summed E-state index contributed by atoms with van der Waals surface area (Å²) in [4.78, 5) is 20.7. The molecule has 1 saturated heterocycles. The van der Waals surface area contributed by atoms with Crippen molar-refractivity contribution < 1.29 is 25.8 Å². The highest BCUT2D eigenvalue weighted by molar-refractivity contribution is 7.93. The van der Waals surface area contributed by atoms with Gasteiger partial charge < -0.3 is 13.7 Å². The summed E-state index contributed by atoms with van der Waals surface area (Å²) in [7, 11) is -3.76. The van der Waals surface area contributed by atoms with E-state index in [9.17, 15) is 21.6 Å². The Balaban J connectivity index is 1.33. The molecule has 16 heteroatoms. The number of nitrogens with one attached hydrogen (secondary N) is 1. The van der Waals surface area contributed by atoms with E-state index in [-0.39, 0.29) is 38.7 Å². The van der Waals surface area contributed by atoms with Crippen LogP contribution in [0.25, 0.3) is 6.08 Å². The highest BCUT2D eigenvalue weighted by Gasteiger charge is 2.23. The summed E-state index contributed by atoms with van der Waals surface area (Å²) in [6.07, 6.45) is 6.40. The number of rotatable bonds is 11. The molecule has 4 rings (SSSR count). The number of hydrogen-bond acceptors (Lipinski definition) is 12. The van der Waals surface area contributed by atoms with Crippen molar-refractivity contribution in [1.29, 1.82) is 0 Å². The fourth-order valence-electron chi connectivity index (χ4n) is 3.65. The molecule has 1 amide bonds. The summed E-state index contributed by atoms with van der Waals surface area (Å²) in [5, 5.41) is 10.3. The van der Waals surface area contributed by atoms with E-state index in [1.807, 2.05) is 7.05 Å². The Hall–Kier alpha value is -3.18. The maximum atomic E-state index is 12.8.